The van der Waals surface area contributed by atoms with Gasteiger partial charge in [0.25, 0.3) is 0 Å². The van der Waals surface area contributed by atoms with Crippen molar-refractivity contribution >= 4 is 11.8 Å². The highest BCUT2D eigenvalue weighted by Crippen LogP contribution is 2.23. The van der Waals surface area contributed by atoms with Gasteiger partial charge in [-0.15, -0.1) is 0 Å². The van der Waals surface area contributed by atoms with Crippen LogP contribution in [-0.2, 0) is 4.84 Å². The van der Waals surface area contributed by atoms with E-state index in [1.54, 1.807) is 0 Å². The zero-order valence-corrected chi connectivity index (χ0v) is 15.1. The van der Waals surface area contributed by atoms with Crippen LogP contribution in [-0.4, -0.2) is 0 Å². The standard InChI is InChI=1S/C24H25NO/c1-2-12-24(22-17-10-5-11-18-22)26-25-23(21-15-8-4-9-16-21)19-20-13-6-3-7-14-20/h3-11,13-19,24-25H,2,12H2,1H3/b23-19-. The van der Waals surface area contributed by atoms with Crippen molar-refractivity contribution < 1.29 is 4.84 Å². The molecule has 0 spiro atoms. The molecule has 0 saturated carbocycles. The summed E-state index contributed by atoms with van der Waals surface area (Å²) in [4.78, 5) is 6.14. The van der Waals surface area contributed by atoms with Crippen LogP contribution in [0.25, 0.3) is 11.8 Å². The molecular weight excluding hydrogens is 318 g/mol. The second kappa shape index (κ2) is 9.59. The van der Waals surface area contributed by atoms with Gasteiger partial charge in [0.2, 0.25) is 0 Å². The van der Waals surface area contributed by atoms with E-state index in [-0.39, 0.29) is 6.10 Å². The summed E-state index contributed by atoms with van der Waals surface area (Å²) in [5.74, 6) is 0. The number of nitrogens with one attached hydrogen (secondary N) is 1. The van der Waals surface area contributed by atoms with Crippen LogP contribution in [0.5, 0.6) is 0 Å². The maximum atomic E-state index is 6.14. The first kappa shape index (κ1) is 18.0. The van der Waals surface area contributed by atoms with Gasteiger partial charge in [0, 0.05) is 0 Å². The van der Waals surface area contributed by atoms with Gasteiger partial charge in [0.15, 0.2) is 0 Å². The van der Waals surface area contributed by atoms with Crippen molar-refractivity contribution in [3.05, 3.63) is 108 Å². The molecule has 0 bridgehead atoms. The van der Waals surface area contributed by atoms with Gasteiger partial charge in [-0.1, -0.05) is 104 Å². The second-order valence-corrected chi connectivity index (χ2v) is 6.24. The molecule has 3 rings (SSSR count). The van der Waals surface area contributed by atoms with Crippen LogP contribution in [0.1, 0.15) is 42.6 Å². The average Bonchev–Trinajstić information content (AvgIpc) is 2.72. The van der Waals surface area contributed by atoms with Gasteiger partial charge in [-0.2, -0.15) is 0 Å². The molecule has 0 fully saturated rings. The Morgan fingerprint density at radius 1 is 0.846 bits per heavy atom. The van der Waals surface area contributed by atoms with E-state index in [4.69, 9.17) is 4.84 Å². The van der Waals surface area contributed by atoms with E-state index < -0.39 is 0 Å². The van der Waals surface area contributed by atoms with Gasteiger partial charge in [-0.3, -0.25) is 10.3 Å². The third-order valence-corrected chi connectivity index (χ3v) is 4.23. The summed E-state index contributed by atoms with van der Waals surface area (Å²) in [6.45, 7) is 2.18. The van der Waals surface area contributed by atoms with Crippen LogP contribution in [0.15, 0.2) is 91.0 Å². The van der Waals surface area contributed by atoms with E-state index in [9.17, 15) is 0 Å². The summed E-state index contributed by atoms with van der Waals surface area (Å²) >= 11 is 0. The van der Waals surface area contributed by atoms with Crippen LogP contribution in [0.2, 0.25) is 0 Å². The normalized spacial score (nSPS) is 12.6. The monoisotopic (exact) mass is 343 g/mol. The van der Waals surface area contributed by atoms with E-state index >= 15 is 0 Å². The van der Waals surface area contributed by atoms with Crippen molar-refractivity contribution in [2.24, 2.45) is 0 Å². The van der Waals surface area contributed by atoms with E-state index in [2.05, 4.69) is 67.0 Å². The Morgan fingerprint density at radius 3 is 2.04 bits per heavy atom. The van der Waals surface area contributed by atoms with Gasteiger partial charge >= 0.3 is 0 Å². The summed E-state index contributed by atoms with van der Waals surface area (Å²) in [6, 6.07) is 30.9. The van der Waals surface area contributed by atoms with Crippen molar-refractivity contribution in [2.75, 3.05) is 0 Å². The molecular formula is C24H25NO. The fourth-order valence-corrected chi connectivity index (χ4v) is 2.86. The number of hydrogen-bond donors (Lipinski definition) is 1. The molecule has 0 aliphatic carbocycles. The van der Waals surface area contributed by atoms with Crippen molar-refractivity contribution in [3.8, 4) is 0 Å². The molecule has 0 aromatic heterocycles. The molecule has 1 unspecified atom stereocenters. The highest BCUT2D eigenvalue weighted by Gasteiger charge is 2.12. The van der Waals surface area contributed by atoms with Crippen LogP contribution < -0.4 is 5.48 Å². The Labute approximate surface area is 156 Å². The van der Waals surface area contributed by atoms with Crippen molar-refractivity contribution in [1.29, 1.82) is 0 Å². The van der Waals surface area contributed by atoms with E-state index in [0.29, 0.717) is 0 Å². The predicted molar refractivity (Wildman–Crippen MR) is 109 cm³/mol. The third-order valence-electron chi connectivity index (χ3n) is 4.23. The maximum absolute atomic E-state index is 6.14. The third kappa shape index (κ3) is 5.08. The fraction of sp³-hybridized carbons (Fsp3) is 0.167. The second-order valence-electron chi connectivity index (χ2n) is 6.24. The Bertz CT molecular complexity index is 797. The van der Waals surface area contributed by atoms with Gasteiger partial charge < -0.3 is 0 Å². The summed E-state index contributed by atoms with van der Waals surface area (Å²) in [5.41, 5.74) is 7.60. The average molecular weight is 343 g/mol. The molecule has 3 aromatic rings. The summed E-state index contributed by atoms with van der Waals surface area (Å²) in [7, 11) is 0. The van der Waals surface area contributed by atoms with Crippen LogP contribution >= 0.6 is 0 Å². The van der Waals surface area contributed by atoms with Gasteiger partial charge in [0.1, 0.15) is 6.10 Å². The minimum Gasteiger partial charge on any atom is -0.268 e. The van der Waals surface area contributed by atoms with Gasteiger partial charge in [-0.05, 0) is 29.2 Å². The number of benzene rings is 3. The Morgan fingerprint density at radius 2 is 1.42 bits per heavy atom. The lowest BCUT2D eigenvalue weighted by Gasteiger charge is -2.20. The lowest BCUT2D eigenvalue weighted by atomic mass is 10.1. The molecule has 0 saturated heterocycles. The number of hydroxylamine groups is 1. The highest BCUT2D eigenvalue weighted by atomic mass is 16.7. The van der Waals surface area contributed by atoms with Crippen molar-refractivity contribution in [2.45, 2.75) is 25.9 Å². The lowest BCUT2D eigenvalue weighted by Crippen LogP contribution is -2.17. The topological polar surface area (TPSA) is 21.3 Å². The number of hydrogen-bond acceptors (Lipinski definition) is 2. The van der Waals surface area contributed by atoms with Crippen molar-refractivity contribution in [1.82, 2.24) is 5.48 Å². The van der Waals surface area contributed by atoms with Crippen molar-refractivity contribution in [3.63, 3.8) is 0 Å². The Balaban J connectivity index is 1.82. The molecule has 1 N–H and O–H groups in total. The van der Waals surface area contributed by atoms with Crippen LogP contribution in [0, 0.1) is 0 Å². The zero-order chi connectivity index (χ0) is 18.0. The smallest absolute Gasteiger partial charge is 0.110 e. The zero-order valence-electron chi connectivity index (χ0n) is 15.1. The maximum Gasteiger partial charge on any atom is 0.110 e. The molecule has 0 aliphatic heterocycles. The molecule has 0 amide bonds. The van der Waals surface area contributed by atoms with Gasteiger partial charge in [0.05, 0.1) is 5.70 Å². The molecule has 0 heterocycles. The Hall–Kier alpha value is -2.84. The molecule has 2 heteroatoms. The molecule has 1 atom stereocenters. The largest absolute Gasteiger partial charge is 0.268 e. The number of rotatable bonds is 8. The first-order chi connectivity index (χ1) is 12.9. The van der Waals surface area contributed by atoms with E-state index in [1.165, 1.54) is 5.56 Å². The van der Waals surface area contributed by atoms with E-state index in [1.807, 2.05) is 42.5 Å². The molecule has 132 valence electrons. The molecule has 0 radical (unpaired) electrons. The van der Waals surface area contributed by atoms with Gasteiger partial charge in [-0.25, -0.2) is 0 Å². The van der Waals surface area contributed by atoms with Crippen LogP contribution in [0.4, 0.5) is 0 Å². The van der Waals surface area contributed by atoms with Crippen LogP contribution in [0.3, 0.4) is 0 Å². The molecule has 0 aliphatic rings. The first-order valence-electron chi connectivity index (χ1n) is 9.15. The minimum absolute atomic E-state index is 0.0177. The van der Waals surface area contributed by atoms with E-state index in [0.717, 1.165) is 29.7 Å². The summed E-state index contributed by atoms with van der Waals surface area (Å²) in [6.07, 6.45) is 4.15. The fourth-order valence-electron chi connectivity index (χ4n) is 2.86. The first-order valence-corrected chi connectivity index (χ1v) is 9.15. The molecule has 2 nitrogen and oxygen atoms in total. The SMILES string of the molecule is CCCC(ON/C(=C\c1ccccc1)c1ccccc1)c1ccccc1. The highest BCUT2D eigenvalue weighted by molar-refractivity contribution is 5.79. The Kier molecular flexibility index (Phi) is 6.63. The minimum atomic E-state index is 0.0177. The molecule has 26 heavy (non-hydrogen) atoms. The summed E-state index contributed by atoms with van der Waals surface area (Å²) in [5, 5.41) is 0. The predicted octanol–water partition coefficient (Wildman–Crippen LogP) is 6.25. The summed E-state index contributed by atoms with van der Waals surface area (Å²) < 4.78 is 0. The lowest BCUT2D eigenvalue weighted by molar-refractivity contribution is -0.00173. The molecule has 3 aromatic carbocycles. The quantitative estimate of drug-likeness (QED) is 0.386.